The van der Waals surface area contributed by atoms with Crippen molar-refractivity contribution in [3.8, 4) is 0 Å². The fourth-order valence-electron chi connectivity index (χ4n) is 2.43. The van der Waals surface area contributed by atoms with Gasteiger partial charge in [0.15, 0.2) is 0 Å². The molecule has 3 rings (SSSR count). The van der Waals surface area contributed by atoms with Gasteiger partial charge in [-0.3, -0.25) is 9.36 Å². The van der Waals surface area contributed by atoms with Crippen LogP contribution in [0.25, 0.3) is 11.0 Å². The fourth-order valence-corrected chi connectivity index (χ4v) is 2.43. The lowest BCUT2D eigenvalue weighted by molar-refractivity contribution is 0.688. The highest BCUT2D eigenvalue weighted by molar-refractivity contribution is 5.78. The molecule has 0 spiro atoms. The van der Waals surface area contributed by atoms with E-state index in [1.807, 2.05) is 37.3 Å². The molecule has 0 bridgehead atoms. The fraction of sp³-hybridized carbons (Fsp3) is 0.176. The predicted octanol–water partition coefficient (Wildman–Crippen LogP) is 2.95. The minimum Gasteiger partial charge on any atom is -0.292 e. The summed E-state index contributed by atoms with van der Waals surface area (Å²) in [6.07, 6.45) is 2.59. The Kier molecular flexibility index (Phi) is 3.33. The third-order valence-corrected chi connectivity index (χ3v) is 3.57. The summed E-state index contributed by atoms with van der Waals surface area (Å²) in [7, 11) is 0. The van der Waals surface area contributed by atoms with Crippen LogP contribution in [0, 0.1) is 6.92 Å². The molecule has 20 heavy (non-hydrogen) atoms. The second-order valence-electron chi connectivity index (χ2n) is 4.92. The predicted molar refractivity (Wildman–Crippen MR) is 80.9 cm³/mol. The molecule has 100 valence electrons. The minimum absolute atomic E-state index is 0.00605. The maximum absolute atomic E-state index is 12.1. The number of rotatable bonds is 3. The standard InChI is InChI=1S/C17H16N2O/c1-13-9-11-18-17-15(13)7-8-16(20)19(17)12-10-14-5-3-2-4-6-14/h2-9,11H,10,12H2,1H3. The van der Waals surface area contributed by atoms with Crippen LogP contribution in [0.5, 0.6) is 0 Å². The average Bonchev–Trinajstić information content (AvgIpc) is 2.47. The minimum atomic E-state index is 0.00605. The molecule has 0 fully saturated rings. The van der Waals surface area contributed by atoms with Gasteiger partial charge in [-0.2, -0.15) is 0 Å². The Labute approximate surface area is 117 Å². The lowest BCUT2D eigenvalue weighted by Crippen LogP contribution is -2.21. The molecule has 3 nitrogen and oxygen atoms in total. The Morgan fingerprint density at radius 1 is 1.05 bits per heavy atom. The first-order valence-electron chi connectivity index (χ1n) is 6.75. The van der Waals surface area contributed by atoms with Gasteiger partial charge in [0.1, 0.15) is 5.65 Å². The van der Waals surface area contributed by atoms with Crippen molar-refractivity contribution in [3.05, 3.63) is 76.2 Å². The first kappa shape index (κ1) is 12.6. The van der Waals surface area contributed by atoms with E-state index in [9.17, 15) is 4.79 Å². The summed E-state index contributed by atoms with van der Waals surface area (Å²) in [5.74, 6) is 0. The molecule has 0 N–H and O–H groups in total. The normalized spacial score (nSPS) is 10.8. The molecule has 0 atom stereocenters. The van der Waals surface area contributed by atoms with Gasteiger partial charge in [-0.25, -0.2) is 4.98 Å². The van der Waals surface area contributed by atoms with Crippen molar-refractivity contribution in [1.29, 1.82) is 0 Å². The SMILES string of the molecule is Cc1ccnc2c1ccc(=O)n2CCc1ccccc1. The maximum Gasteiger partial charge on any atom is 0.252 e. The molecule has 0 saturated carbocycles. The summed E-state index contributed by atoms with van der Waals surface area (Å²) < 4.78 is 1.76. The zero-order chi connectivity index (χ0) is 13.9. The van der Waals surface area contributed by atoms with Crippen LogP contribution < -0.4 is 5.56 Å². The number of aryl methyl sites for hydroxylation is 3. The van der Waals surface area contributed by atoms with Crippen molar-refractivity contribution in [3.63, 3.8) is 0 Å². The summed E-state index contributed by atoms with van der Waals surface area (Å²) in [4.78, 5) is 16.5. The van der Waals surface area contributed by atoms with Crippen LogP contribution in [-0.2, 0) is 13.0 Å². The molecule has 0 aliphatic heterocycles. The van der Waals surface area contributed by atoms with Crippen LogP contribution in [0.4, 0.5) is 0 Å². The summed E-state index contributed by atoms with van der Waals surface area (Å²) in [6.45, 7) is 2.69. The smallest absolute Gasteiger partial charge is 0.252 e. The molecule has 0 aliphatic carbocycles. The summed E-state index contributed by atoms with van der Waals surface area (Å²) >= 11 is 0. The highest BCUT2D eigenvalue weighted by Crippen LogP contribution is 2.14. The van der Waals surface area contributed by atoms with E-state index in [0.29, 0.717) is 6.54 Å². The van der Waals surface area contributed by atoms with E-state index < -0.39 is 0 Å². The van der Waals surface area contributed by atoms with Gasteiger partial charge in [0.2, 0.25) is 0 Å². The molecule has 3 aromatic rings. The van der Waals surface area contributed by atoms with Crippen molar-refractivity contribution in [2.45, 2.75) is 19.9 Å². The van der Waals surface area contributed by atoms with Gasteiger partial charge in [0.05, 0.1) is 0 Å². The number of fused-ring (bicyclic) bond motifs is 1. The van der Waals surface area contributed by atoms with Crippen LogP contribution in [0.2, 0.25) is 0 Å². The van der Waals surface area contributed by atoms with Crippen LogP contribution in [0.15, 0.2) is 59.5 Å². The average molecular weight is 264 g/mol. The third-order valence-electron chi connectivity index (χ3n) is 3.57. The molecule has 0 radical (unpaired) electrons. The van der Waals surface area contributed by atoms with E-state index in [-0.39, 0.29) is 5.56 Å². The van der Waals surface area contributed by atoms with Crippen molar-refractivity contribution in [2.75, 3.05) is 0 Å². The topological polar surface area (TPSA) is 34.9 Å². The van der Waals surface area contributed by atoms with E-state index in [0.717, 1.165) is 23.0 Å². The van der Waals surface area contributed by atoms with E-state index in [4.69, 9.17) is 0 Å². The summed E-state index contributed by atoms with van der Waals surface area (Å²) in [5, 5.41) is 1.04. The second-order valence-corrected chi connectivity index (χ2v) is 4.92. The van der Waals surface area contributed by atoms with Gasteiger partial charge in [0.25, 0.3) is 5.56 Å². The zero-order valence-corrected chi connectivity index (χ0v) is 11.4. The first-order chi connectivity index (χ1) is 9.75. The van der Waals surface area contributed by atoms with Gasteiger partial charge in [-0.15, -0.1) is 0 Å². The number of hydrogen-bond donors (Lipinski definition) is 0. The highest BCUT2D eigenvalue weighted by atomic mass is 16.1. The maximum atomic E-state index is 12.1. The van der Waals surface area contributed by atoms with Crippen molar-refractivity contribution in [2.24, 2.45) is 0 Å². The molecule has 3 heteroatoms. The molecule has 0 aliphatic rings. The Balaban J connectivity index is 2.01. The van der Waals surface area contributed by atoms with Gasteiger partial charge in [-0.1, -0.05) is 30.3 Å². The molecule has 2 heterocycles. The van der Waals surface area contributed by atoms with Gasteiger partial charge in [-0.05, 0) is 36.6 Å². The van der Waals surface area contributed by atoms with Crippen LogP contribution >= 0.6 is 0 Å². The molecule has 0 amide bonds. The van der Waals surface area contributed by atoms with Crippen LogP contribution in [0.1, 0.15) is 11.1 Å². The lowest BCUT2D eigenvalue weighted by Gasteiger charge is -2.10. The van der Waals surface area contributed by atoms with E-state index >= 15 is 0 Å². The number of pyridine rings is 2. The van der Waals surface area contributed by atoms with Gasteiger partial charge >= 0.3 is 0 Å². The molecular formula is C17H16N2O. The first-order valence-corrected chi connectivity index (χ1v) is 6.75. The van der Waals surface area contributed by atoms with Crippen molar-refractivity contribution < 1.29 is 0 Å². The quantitative estimate of drug-likeness (QED) is 0.729. The highest BCUT2D eigenvalue weighted by Gasteiger charge is 2.06. The van der Waals surface area contributed by atoms with Gasteiger partial charge < -0.3 is 0 Å². The molecule has 0 unspecified atom stereocenters. The largest absolute Gasteiger partial charge is 0.292 e. The number of benzene rings is 1. The van der Waals surface area contributed by atoms with E-state index in [1.54, 1.807) is 16.8 Å². The number of nitrogens with zero attached hydrogens (tertiary/aromatic N) is 2. The monoisotopic (exact) mass is 264 g/mol. The molecular weight excluding hydrogens is 248 g/mol. The Morgan fingerprint density at radius 2 is 1.85 bits per heavy atom. The van der Waals surface area contributed by atoms with Crippen LogP contribution in [-0.4, -0.2) is 9.55 Å². The molecule has 1 aromatic carbocycles. The summed E-state index contributed by atoms with van der Waals surface area (Å²) in [5.41, 5.74) is 3.15. The van der Waals surface area contributed by atoms with E-state index in [1.165, 1.54) is 5.56 Å². The summed E-state index contributed by atoms with van der Waals surface area (Å²) in [6, 6.07) is 15.6. The molecule has 0 saturated heterocycles. The Bertz CT molecular complexity index is 791. The van der Waals surface area contributed by atoms with E-state index in [2.05, 4.69) is 17.1 Å². The zero-order valence-electron chi connectivity index (χ0n) is 11.4. The molecule has 2 aromatic heterocycles. The second kappa shape index (κ2) is 5.29. The van der Waals surface area contributed by atoms with Crippen LogP contribution in [0.3, 0.4) is 0 Å². The van der Waals surface area contributed by atoms with Gasteiger partial charge in [0, 0.05) is 24.2 Å². The Morgan fingerprint density at radius 3 is 2.65 bits per heavy atom. The number of hydrogen-bond acceptors (Lipinski definition) is 2. The Hall–Kier alpha value is -2.42. The number of aromatic nitrogens is 2. The van der Waals surface area contributed by atoms with Crippen molar-refractivity contribution >= 4 is 11.0 Å². The van der Waals surface area contributed by atoms with Crippen molar-refractivity contribution in [1.82, 2.24) is 9.55 Å². The lowest BCUT2D eigenvalue weighted by atomic mass is 10.1. The third kappa shape index (κ3) is 2.35.